The topological polar surface area (TPSA) is 29.5 Å². The van der Waals surface area contributed by atoms with E-state index in [9.17, 15) is 4.79 Å². The quantitative estimate of drug-likeness (QED) is 0.705. The van der Waals surface area contributed by atoms with Crippen LogP contribution >= 0.6 is 0 Å². The number of nitrogens with zero attached hydrogens (tertiary/aromatic N) is 1. The highest BCUT2D eigenvalue weighted by molar-refractivity contribution is 5.67. The van der Waals surface area contributed by atoms with E-state index in [1.807, 2.05) is 6.92 Å². The van der Waals surface area contributed by atoms with Crippen LogP contribution in [-0.4, -0.2) is 30.7 Å². The van der Waals surface area contributed by atoms with Crippen molar-refractivity contribution in [1.29, 1.82) is 0 Å². The van der Waals surface area contributed by atoms with Crippen LogP contribution in [0.5, 0.6) is 0 Å². The first-order valence-electron chi connectivity index (χ1n) is 5.80. The molecule has 0 saturated heterocycles. The molecule has 1 amide bonds. The summed E-state index contributed by atoms with van der Waals surface area (Å²) in [4.78, 5) is 13.3. The predicted octanol–water partition coefficient (Wildman–Crippen LogP) is 3.15. The summed E-state index contributed by atoms with van der Waals surface area (Å²) < 4.78 is 5.41. The van der Waals surface area contributed by atoms with Gasteiger partial charge in [0.1, 0.15) is 6.10 Å². The molecular weight excluding hydrogens is 190 g/mol. The fourth-order valence-corrected chi connectivity index (χ4v) is 1.53. The van der Waals surface area contributed by atoms with Crippen LogP contribution < -0.4 is 0 Å². The van der Waals surface area contributed by atoms with Crippen molar-refractivity contribution in [1.82, 2.24) is 4.90 Å². The van der Waals surface area contributed by atoms with Crippen LogP contribution in [0.2, 0.25) is 0 Å². The van der Waals surface area contributed by atoms with Gasteiger partial charge in [0.2, 0.25) is 0 Å². The van der Waals surface area contributed by atoms with E-state index in [-0.39, 0.29) is 12.2 Å². The molecule has 0 rings (SSSR count). The molecule has 0 bridgehead atoms. The molecule has 3 heteroatoms. The summed E-state index contributed by atoms with van der Waals surface area (Å²) in [5.41, 5.74) is 0. The highest BCUT2D eigenvalue weighted by atomic mass is 16.6. The summed E-state index contributed by atoms with van der Waals surface area (Å²) in [6.45, 7) is 11.1. The van der Waals surface area contributed by atoms with E-state index in [1.54, 1.807) is 11.9 Å². The van der Waals surface area contributed by atoms with Crippen LogP contribution in [0.3, 0.4) is 0 Å². The van der Waals surface area contributed by atoms with E-state index < -0.39 is 0 Å². The van der Waals surface area contributed by atoms with Crippen molar-refractivity contribution >= 4 is 6.09 Å². The highest BCUT2D eigenvalue weighted by Gasteiger charge is 2.19. The average Bonchev–Trinajstić information content (AvgIpc) is 2.11. The first-order chi connectivity index (χ1) is 6.88. The average molecular weight is 215 g/mol. The molecule has 0 spiro atoms. The SMILES string of the molecule is CCC(OC(=O)N(C)CC(C)C)C(C)C. The van der Waals surface area contributed by atoms with Gasteiger partial charge in [0.05, 0.1) is 0 Å². The number of hydrogen-bond acceptors (Lipinski definition) is 2. The van der Waals surface area contributed by atoms with Gasteiger partial charge < -0.3 is 9.64 Å². The normalized spacial score (nSPS) is 13.1. The Kier molecular flexibility index (Phi) is 6.37. The lowest BCUT2D eigenvalue weighted by Crippen LogP contribution is -2.35. The molecule has 0 aromatic rings. The van der Waals surface area contributed by atoms with Gasteiger partial charge in [0.25, 0.3) is 0 Å². The Bertz CT molecular complexity index is 190. The Morgan fingerprint density at radius 3 is 2.13 bits per heavy atom. The third-order valence-electron chi connectivity index (χ3n) is 2.35. The van der Waals surface area contributed by atoms with Crippen molar-refractivity contribution in [3.8, 4) is 0 Å². The van der Waals surface area contributed by atoms with Crippen LogP contribution in [0.15, 0.2) is 0 Å². The maximum atomic E-state index is 11.7. The molecule has 0 heterocycles. The minimum absolute atomic E-state index is 0.0344. The summed E-state index contributed by atoms with van der Waals surface area (Å²) in [6.07, 6.45) is 0.704. The Labute approximate surface area is 93.8 Å². The first-order valence-corrected chi connectivity index (χ1v) is 5.80. The van der Waals surface area contributed by atoms with Crippen LogP contribution in [0.25, 0.3) is 0 Å². The lowest BCUT2D eigenvalue weighted by Gasteiger charge is -2.25. The largest absolute Gasteiger partial charge is 0.446 e. The minimum Gasteiger partial charge on any atom is -0.446 e. The molecule has 90 valence electrons. The first kappa shape index (κ1) is 14.3. The standard InChI is InChI=1S/C12H25NO2/c1-7-11(10(4)5)15-12(14)13(6)8-9(2)3/h9-11H,7-8H2,1-6H3. The van der Waals surface area contributed by atoms with Crippen molar-refractivity contribution in [3.05, 3.63) is 0 Å². The Morgan fingerprint density at radius 2 is 1.80 bits per heavy atom. The molecule has 0 aliphatic rings. The number of ether oxygens (including phenoxy) is 1. The maximum Gasteiger partial charge on any atom is 0.409 e. The molecule has 0 aromatic heterocycles. The van der Waals surface area contributed by atoms with Crippen molar-refractivity contribution in [3.63, 3.8) is 0 Å². The van der Waals surface area contributed by atoms with Gasteiger partial charge in [0.15, 0.2) is 0 Å². The van der Waals surface area contributed by atoms with Crippen molar-refractivity contribution in [2.45, 2.75) is 47.1 Å². The Morgan fingerprint density at radius 1 is 1.27 bits per heavy atom. The number of carbonyl (C=O) groups excluding carboxylic acids is 1. The third-order valence-corrected chi connectivity index (χ3v) is 2.35. The second-order valence-corrected chi connectivity index (χ2v) is 4.85. The second-order valence-electron chi connectivity index (χ2n) is 4.85. The Hall–Kier alpha value is -0.730. The van der Waals surface area contributed by atoms with Crippen molar-refractivity contribution in [2.75, 3.05) is 13.6 Å². The molecule has 15 heavy (non-hydrogen) atoms. The zero-order valence-corrected chi connectivity index (χ0v) is 10.9. The van der Waals surface area contributed by atoms with E-state index in [0.717, 1.165) is 13.0 Å². The predicted molar refractivity (Wildman–Crippen MR) is 62.9 cm³/mol. The minimum atomic E-state index is -0.204. The zero-order chi connectivity index (χ0) is 12.0. The van der Waals surface area contributed by atoms with Gasteiger partial charge in [-0.3, -0.25) is 0 Å². The van der Waals surface area contributed by atoms with E-state index >= 15 is 0 Å². The molecule has 1 unspecified atom stereocenters. The third kappa shape index (κ3) is 5.65. The monoisotopic (exact) mass is 215 g/mol. The molecule has 0 aliphatic heterocycles. The fraction of sp³-hybridized carbons (Fsp3) is 0.917. The zero-order valence-electron chi connectivity index (χ0n) is 10.9. The van der Waals surface area contributed by atoms with E-state index in [1.165, 1.54) is 0 Å². The smallest absolute Gasteiger partial charge is 0.409 e. The lowest BCUT2D eigenvalue weighted by atomic mass is 10.1. The summed E-state index contributed by atoms with van der Waals surface area (Å²) >= 11 is 0. The number of amides is 1. The van der Waals surface area contributed by atoms with Gasteiger partial charge in [-0.25, -0.2) is 4.79 Å². The summed E-state index contributed by atoms with van der Waals surface area (Å²) in [5, 5.41) is 0. The highest BCUT2D eigenvalue weighted by Crippen LogP contribution is 2.12. The lowest BCUT2D eigenvalue weighted by molar-refractivity contribution is 0.0432. The van der Waals surface area contributed by atoms with Crippen molar-refractivity contribution < 1.29 is 9.53 Å². The van der Waals surface area contributed by atoms with Crippen LogP contribution in [-0.2, 0) is 4.74 Å². The van der Waals surface area contributed by atoms with Gasteiger partial charge >= 0.3 is 6.09 Å². The van der Waals surface area contributed by atoms with Gasteiger partial charge in [-0.1, -0.05) is 34.6 Å². The van der Waals surface area contributed by atoms with E-state index in [0.29, 0.717) is 11.8 Å². The summed E-state index contributed by atoms with van der Waals surface area (Å²) in [7, 11) is 1.79. The van der Waals surface area contributed by atoms with E-state index in [2.05, 4.69) is 27.7 Å². The number of hydrogen-bond donors (Lipinski definition) is 0. The summed E-state index contributed by atoms with van der Waals surface area (Å²) in [5.74, 6) is 0.855. The van der Waals surface area contributed by atoms with Crippen LogP contribution in [0, 0.1) is 11.8 Å². The molecule has 0 aromatic carbocycles. The molecule has 0 fully saturated rings. The number of rotatable bonds is 5. The van der Waals surface area contributed by atoms with Crippen LogP contribution in [0.4, 0.5) is 4.79 Å². The molecule has 0 N–H and O–H groups in total. The fourth-order valence-electron chi connectivity index (χ4n) is 1.53. The second kappa shape index (κ2) is 6.70. The molecule has 0 saturated carbocycles. The molecule has 0 radical (unpaired) electrons. The molecule has 1 atom stereocenters. The maximum absolute atomic E-state index is 11.7. The van der Waals surface area contributed by atoms with Gasteiger partial charge in [-0.2, -0.15) is 0 Å². The van der Waals surface area contributed by atoms with E-state index in [4.69, 9.17) is 4.74 Å². The Balaban J connectivity index is 4.10. The molecular formula is C12H25NO2. The molecule has 0 aliphatic carbocycles. The van der Waals surface area contributed by atoms with Gasteiger partial charge in [-0.15, -0.1) is 0 Å². The number of carbonyl (C=O) groups is 1. The van der Waals surface area contributed by atoms with Crippen molar-refractivity contribution in [2.24, 2.45) is 11.8 Å². The molecule has 3 nitrogen and oxygen atoms in total. The van der Waals surface area contributed by atoms with Gasteiger partial charge in [0, 0.05) is 13.6 Å². The van der Waals surface area contributed by atoms with Crippen LogP contribution in [0.1, 0.15) is 41.0 Å². The summed E-state index contributed by atoms with van der Waals surface area (Å²) in [6, 6.07) is 0. The van der Waals surface area contributed by atoms with Gasteiger partial charge in [-0.05, 0) is 18.3 Å².